The van der Waals surface area contributed by atoms with Gasteiger partial charge in [-0.05, 0) is 64.2 Å². The van der Waals surface area contributed by atoms with Gasteiger partial charge in [0, 0.05) is 0 Å². The van der Waals surface area contributed by atoms with Gasteiger partial charge >= 0.3 is 0 Å². The summed E-state index contributed by atoms with van der Waals surface area (Å²) < 4.78 is 13.6. The van der Waals surface area contributed by atoms with E-state index < -0.39 is 5.67 Å². The summed E-state index contributed by atoms with van der Waals surface area (Å²) in [4.78, 5) is 0. The van der Waals surface area contributed by atoms with E-state index in [-0.39, 0.29) is 0 Å². The van der Waals surface area contributed by atoms with Crippen LogP contribution in [0.25, 0.3) is 0 Å². The quantitative estimate of drug-likeness (QED) is 0.582. The second-order valence-electron chi connectivity index (χ2n) is 5.72. The molecule has 0 amide bonds. The van der Waals surface area contributed by atoms with Crippen LogP contribution in [0.1, 0.15) is 59.3 Å². The highest BCUT2D eigenvalue weighted by Crippen LogP contribution is 2.39. The SMILES string of the molecule is C=C(C)CCC(C)C1CCC(C)(F)CC1. The van der Waals surface area contributed by atoms with Crippen LogP contribution in [0.5, 0.6) is 0 Å². The molecule has 1 atom stereocenters. The molecule has 0 heterocycles. The van der Waals surface area contributed by atoms with E-state index in [0.29, 0.717) is 0 Å². The minimum absolute atomic E-state index is 0.734. The first-order valence-corrected chi connectivity index (χ1v) is 6.24. The summed E-state index contributed by atoms with van der Waals surface area (Å²) in [5, 5.41) is 0. The molecule has 0 aliphatic heterocycles. The number of hydrogen-bond donors (Lipinski definition) is 0. The Bertz CT molecular complexity index is 207. The number of halogens is 1. The van der Waals surface area contributed by atoms with E-state index in [9.17, 15) is 4.39 Å². The fraction of sp³-hybridized carbons (Fsp3) is 0.857. The predicted molar refractivity (Wildman–Crippen MR) is 64.7 cm³/mol. The molecule has 0 aromatic rings. The summed E-state index contributed by atoms with van der Waals surface area (Å²) in [6, 6.07) is 0. The van der Waals surface area contributed by atoms with Gasteiger partial charge in [0.1, 0.15) is 5.67 Å². The standard InChI is InChI=1S/C14H25F/c1-11(2)5-6-12(3)13-7-9-14(4,15)10-8-13/h12-13H,1,5-10H2,2-4H3. The van der Waals surface area contributed by atoms with Gasteiger partial charge in [0.15, 0.2) is 0 Å². The topological polar surface area (TPSA) is 0 Å². The van der Waals surface area contributed by atoms with Crippen LogP contribution in [0.15, 0.2) is 12.2 Å². The van der Waals surface area contributed by atoms with E-state index in [4.69, 9.17) is 0 Å². The van der Waals surface area contributed by atoms with Crippen LogP contribution in [-0.2, 0) is 0 Å². The van der Waals surface area contributed by atoms with Crippen molar-refractivity contribution in [3.8, 4) is 0 Å². The molecule has 1 saturated carbocycles. The number of rotatable bonds is 4. The van der Waals surface area contributed by atoms with E-state index in [1.54, 1.807) is 6.92 Å². The van der Waals surface area contributed by atoms with E-state index in [0.717, 1.165) is 43.9 Å². The van der Waals surface area contributed by atoms with Crippen molar-refractivity contribution in [2.45, 2.75) is 65.0 Å². The molecule has 0 aromatic carbocycles. The third kappa shape index (κ3) is 4.36. The number of allylic oxidation sites excluding steroid dienone is 1. The first-order valence-electron chi connectivity index (χ1n) is 6.24. The Labute approximate surface area is 94.0 Å². The van der Waals surface area contributed by atoms with Crippen LogP contribution in [-0.4, -0.2) is 5.67 Å². The zero-order valence-electron chi connectivity index (χ0n) is 10.5. The normalized spacial score (nSPS) is 33.7. The van der Waals surface area contributed by atoms with Crippen LogP contribution in [0, 0.1) is 11.8 Å². The Kier molecular flexibility index (Phi) is 4.36. The zero-order chi connectivity index (χ0) is 11.5. The smallest absolute Gasteiger partial charge is 0.108 e. The molecule has 1 heteroatoms. The summed E-state index contributed by atoms with van der Waals surface area (Å²) in [6.07, 6.45) is 6.02. The maximum atomic E-state index is 13.6. The Balaban J connectivity index is 2.30. The Morgan fingerprint density at radius 3 is 2.47 bits per heavy atom. The Morgan fingerprint density at radius 1 is 1.47 bits per heavy atom. The van der Waals surface area contributed by atoms with Gasteiger partial charge in [-0.2, -0.15) is 0 Å². The van der Waals surface area contributed by atoms with Crippen molar-refractivity contribution in [3.05, 3.63) is 12.2 Å². The van der Waals surface area contributed by atoms with Crippen molar-refractivity contribution >= 4 is 0 Å². The molecule has 15 heavy (non-hydrogen) atoms. The fourth-order valence-corrected chi connectivity index (χ4v) is 2.52. The lowest BCUT2D eigenvalue weighted by Gasteiger charge is -2.34. The monoisotopic (exact) mass is 212 g/mol. The van der Waals surface area contributed by atoms with E-state index in [1.807, 2.05) is 0 Å². The minimum atomic E-state index is -0.884. The Morgan fingerprint density at radius 2 is 2.00 bits per heavy atom. The van der Waals surface area contributed by atoms with Crippen LogP contribution in [0.2, 0.25) is 0 Å². The van der Waals surface area contributed by atoms with Crippen molar-refractivity contribution in [2.24, 2.45) is 11.8 Å². The third-order valence-electron chi connectivity index (χ3n) is 3.90. The van der Waals surface area contributed by atoms with Crippen LogP contribution < -0.4 is 0 Å². The van der Waals surface area contributed by atoms with Gasteiger partial charge in [-0.3, -0.25) is 0 Å². The molecule has 0 saturated heterocycles. The van der Waals surface area contributed by atoms with Crippen LogP contribution >= 0.6 is 0 Å². The first kappa shape index (κ1) is 12.7. The lowest BCUT2D eigenvalue weighted by Crippen LogP contribution is -2.28. The van der Waals surface area contributed by atoms with E-state index in [2.05, 4.69) is 20.4 Å². The summed E-state index contributed by atoms with van der Waals surface area (Å²) in [5.74, 6) is 1.48. The summed E-state index contributed by atoms with van der Waals surface area (Å²) in [5.41, 5.74) is 0.387. The van der Waals surface area contributed by atoms with Crippen molar-refractivity contribution < 1.29 is 4.39 Å². The number of hydrogen-bond acceptors (Lipinski definition) is 0. The third-order valence-corrected chi connectivity index (χ3v) is 3.90. The number of alkyl halides is 1. The van der Waals surface area contributed by atoms with Crippen molar-refractivity contribution in [3.63, 3.8) is 0 Å². The molecule has 88 valence electrons. The maximum absolute atomic E-state index is 13.6. The molecule has 0 spiro atoms. The average molecular weight is 212 g/mol. The van der Waals surface area contributed by atoms with Gasteiger partial charge in [0.05, 0.1) is 0 Å². The lowest BCUT2D eigenvalue weighted by atomic mass is 9.74. The fourth-order valence-electron chi connectivity index (χ4n) is 2.52. The van der Waals surface area contributed by atoms with Crippen molar-refractivity contribution in [1.29, 1.82) is 0 Å². The summed E-state index contributed by atoms with van der Waals surface area (Å²) in [7, 11) is 0. The molecule has 0 nitrogen and oxygen atoms in total. The molecule has 0 bridgehead atoms. The van der Waals surface area contributed by atoms with Gasteiger partial charge in [-0.25, -0.2) is 4.39 Å². The van der Waals surface area contributed by atoms with E-state index >= 15 is 0 Å². The molecule has 1 rings (SSSR count). The highest BCUT2D eigenvalue weighted by molar-refractivity contribution is 4.90. The second-order valence-corrected chi connectivity index (χ2v) is 5.72. The average Bonchev–Trinajstić information content (AvgIpc) is 2.14. The van der Waals surface area contributed by atoms with Crippen molar-refractivity contribution in [1.82, 2.24) is 0 Å². The predicted octanol–water partition coefficient (Wildman–Crippen LogP) is 4.90. The second kappa shape index (κ2) is 5.14. The van der Waals surface area contributed by atoms with Gasteiger partial charge in [0.25, 0.3) is 0 Å². The summed E-state index contributed by atoms with van der Waals surface area (Å²) >= 11 is 0. The van der Waals surface area contributed by atoms with Crippen molar-refractivity contribution in [2.75, 3.05) is 0 Å². The zero-order valence-corrected chi connectivity index (χ0v) is 10.5. The van der Waals surface area contributed by atoms with Crippen LogP contribution in [0.4, 0.5) is 4.39 Å². The molecule has 0 radical (unpaired) electrons. The first-order chi connectivity index (χ1) is 6.91. The lowest BCUT2D eigenvalue weighted by molar-refractivity contribution is 0.0848. The van der Waals surface area contributed by atoms with Gasteiger partial charge < -0.3 is 0 Å². The maximum Gasteiger partial charge on any atom is 0.108 e. The molecule has 1 unspecified atom stereocenters. The molecule has 1 aliphatic rings. The van der Waals surface area contributed by atoms with Gasteiger partial charge in [-0.1, -0.05) is 12.5 Å². The molecule has 0 aromatic heterocycles. The largest absolute Gasteiger partial charge is 0.244 e. The molecule has 0 N–H and O–H groups in total. The molecular weight excluding hydrogens is 187 g/mol. The van der Waals surface area contributed by atoms with Gasteiger partial charge in [0.2, 0.25) is 0 Å². The van der Waals surface area contributed by atoms with Crippen LogP contribution in [0.3, 0.4) is 0 Å². The highest BCUT2D eigenvalue weighted by Gasteiger charge is 2.32. The molecule has 1 fully saturated rings. The molecule has 1 aliphatic carbocycles. The Hall–Kier alpha value is -0.330. The van der Waals surface area contributed by atoms with E-state index in [1.165, 1.54) is 12.0 Å². The summed E-state index contributed by atoms with van der Waals surface area (Å²) in [6.45, 7) is 10.1. The highest BCUT2D eigenvalue weighted by atomic mass is 19.1. The molecular formula is C14H25F. The minimum Gasteiger partial charge on any atom is -0.244 e. The van der Waals surface area contributed by atoms with Gasteiger partial charge in [-0.15, -0.1) is 6.58 Å².